The summed E-state index contributed by atoms with van der Waals surface area (Å²) in [4.78, 5) is 19.8. The number of alkyl halides is 2. The molecule has 4 rings (SSSR count). The number of rotatable bonds is 7. The number of benzene rings is 1. The third kappa shape index (κ3) is 3.96. The fourth-order valence-electron chi connectivity index (χ4n) is 3.13. The van der Waals surface area contributed by atoms with E-state index in [1.807, 2.05) is 16.9 Å². The van der Waals surface area contributed by atoms with Crippen LogP contribution < -0.4 is 11.1 Å². The highest BCUT2D eigenvalue weighted by atomic mass is 19.3. The normalized spacial score (nSPS) is 13.3. The number of nitrogens with one attached hydrogen (secondary N) is 1. The Morgan fingerprint density at radius 3 is 2.83 bits per heavy atom. The molecule has 1 amide bonds. The first-order valence-corrected chi connectivity index (χ1v) is 9.22. The zero-order valence-corrected chi connectivity index (χ0v) is 15.7. The SMILES string of the molecule is N#CCc1cc(-c2nc(Nc3cnn(C4CC4)c3)ncc2C(F)F)ccc1C(N)=O. The molecule has 30 heavy (non-hydrogen) atoms. The first kappa shape index (κ1) is 19.4. The summed E-state index contributed by atoms with van der Waals surface area (Å²) in [6.07, 6.45) is 3.76. The zero-order chi connectivity index (χ0) is 21.3. The minimum Gasteiger partial charge on any atom is -0.366 e. The molecule has 0 spiro atoms. The molecule has 1 fully saturated rings. The van der Waals surface area contributed by atoms with Crippen LogP contribution in [0, 0.1) is 11.3 Å². The Hall–Kier alpha value is -3.87. The van der Waals surface area contributed by atoms with Crippen molar-refractivity contribution in [1.29, 1.82) is 5.26 Å². The molecule has 1 aliphatic carbocycles. The molecule has 2 heterocycles. The molecule has 0 saturated heterocycles. The van der Waals surface area contributed by atoms with Gasteiger partial charge in [0.15, 0.2) is 0 Å². The van der Waals surface area contributed by atoms with E-state index in [2.05, 4.69) is 20.4 Å². The van der Waals surface area contributed by atoms with Crippen molar-refractivity contribution in [3.05, 3.63) is 53.5 Å². The summed E-state index contributed by atoms with van der Waals surface area (Å²) < 4.78 is 29.0. The van der Waals surface area contributed by atoms with Crippen molar-refractivity contribution < 1.29 is 13.6 Å². The van der Waals surface area contributed by atoms with Crippen molar-refractivity contribution in [2.45, 2.75) is 31.7 Å². The summed E-state index contributed by atoms with van der Waals surface area (Å²) in [5.74, 6) is -0.566. The molecule has 0 atom stereocenters. The van der Waals surface area contributed by atoms with Crippen molar-refractivity contribution in [2.24, 2.45) is 5.73 Å². The monoisotopic (exact) mass is 409 g/mol. The number of hydrogen-bond donors (Lipinski definition) is 2. The minimum atomic E-state index is -2.80. The van der Waals surface area contributed by atoms with Crippen LogP contribution in [0.4, 0.5) is 20.4 Å². The number of hydrogen-bond acceptors (Lipinski definition) is 6. The Bertz CT molecular complexity index is 1150. The van der Waals surface area contributed by atoms with Crippen LogP contribution in [-0.4, -0.2) is 25.7 Å². The fourth-order valence-corrected chi connectivity index (χ4v) is 3.13. The quantitative estimate of drug-likeness (QED) is 0.616. The van der Waals surface area contributed by atoms with E-state index >= 15 is 0 Å². The number of carbonyl (C=O) groups excluding carboxylic acids is 1. The molecule has 1 aliphatic rings. The number of primary amides is 1. The van der Waals surface area contributed by atoms with Crippen LogP contribution in [0.2, 0.25) is 0 Å². The molecule has 0 aliphatic heterocycles. The van der Waals surface area contributed by atoms with Crippen LogP contribution in [0.25, 0.3) is 11.3 Å². The fraction of sp³-hybridized carbons (Fsp3) is 0.250. The van der Waals surface area contributed by atoms with E-state index in [9.17, 15) is 13.6 Å². The van der Waals surface area contributed by atoms with Crippen LogP contribution in [0.5, 0.6) is 0 Å². The molecule has 3 N–H and O–H groups in total. The lowest BCUT2D eigenvalue weighted by Gasteiger charge is -2.12. The van der Waals surface area contributed by atoms with Gasteiger partial charge in [0.1, 0.15) is 0 Å². The van der Waals surface area contributed by atoms with Gasteiger partial charge in [0.2, 0.25) is 11.9 Å². The van der Waals surface area contributed by atoms with Crippen LogP contribution in [0.15, 0.2) is 36.8 Å². The first-order valence-electron chi connectivity index (χ1n) is 9.22. The number of nitrogens with zero attached hydrogens (tertiary/aromatic N) is 5. The van der Waals surface area contributed by atoms with Gasteiger partial charge >= 0.3 is 0 Å². The largest absolute Gasteiger partial charge is 0.366 e. The lowest BCUT2D eigenvalue weighted by molar-refractivity contribution is 0.0999. The first-order chi connectivity index (χ1) is 14.5. The minimum absolute atomic E-state index is 0.00675. The van der Waals surface area contributed by atoms with Gasteiger partial charge in [-0.25, -0.2) is 18.7 Å². The predicted octanol–water partition coefficient (Wildman–Crippen LogP) is 3.52. The summed E-state index contributed by atoms with van der Waals surface area (Å²) >= 11 is 0. The summed E-state index contributed by atoms with van der Waals surface area (Å²) in [7, 11) is 0. The topological polar surface area (TPSA) is 123 Å². The van der Waals surface area contributed by atoms with Crippen molar-refractivity contribution in [3.63, 3.8) is 0 Å². The van der Waals surface area contributed by atoms with Crippen LogP contribution in [0.3, 0.4) is 0 Å². The van der Waals surface area contributed by atoms with Gasteiger partial charge < -0.3 is 11.1 Å². The lowest BCUT2D eigenvalue weighted by Crippen LogP contribution is -2.13. The summed E-state index contributed by atoms with van der Waals surface area (Å²) in [6, 6.07) is 6.71. The molecule has 0 bridgehead atoms. The predicted molar refractivity (Wildman–Crippen MR) is 104 cm³/mol. The lowest BCUT2D eigenvalue weighted by atomic mass is 9.98. The van der Waals surface area contributed by atoms with Gasteiger partial charge in [-0.05, 0) is 30.5 Å². The van der Waals surface area contributed by atoms with Gasteiger partial charge in [-0.2, -0.15) is 10.4 Å². The van der Waals surface area contributed by atoms with Crippen molar-refractivity contribution >= 4 is 17.5 Å². The Morgan fingerprint density at radius 2 is 2.17 bits per heavy atom. The smallest absolute Gasteiger partial charge is 0.267 e. The third-order valence-electron chi connectivity index (χ3n) is 4.74. The maximum absolute atomic E-state index is 13.6. The Labute approximate surface area is 170 Å². The molecule has 1 saturated carbocycles. The molecular formula is C20H17F2N7O. The Balaban J connectivity index is 1.71. The molecule has 3 aromatic rings. The Kier molecular flexibility index (Phi) is 5.10. The highest BCUT2D eigenvalue weighted by molar-refractivity contribution is 5.95. The van der Waals surface area contributed by atoms with Crippen molar-refractivity contribution in [1.82, 2.24) is 19.7 Å². The summed E-state index contributed by atoms with van der Waals surface area (Å²) in [5, 5.41) is 16.3. The number of carbonyl (C=O) groups is 1. The van der Waals surface area contributed by atoms with Crippen LogP contribution in [-0.2, 0) is 6.42 Å². The highest BCUT2D eigenvalue weighted by Crippen LogP contribution is 2.35. The van der Waals surface area contributed by atoms with Crippen LogP contribution in [0.1, 0.15) is 46.8 Å². The molecule has 1 aromatic carbocycles. The van der Waals surface area contributed by atoms with Gasteiger partial charge in [0, 0.05) is 23.5 Å². The average molecular weight is 409 g/mol. The summed E-state index contributed by atoms with van der Waals surface area (Å²) in [5.41, 5.74) is 6.48. The maximum atomic E-state index is 13.6. The van der Waals surface area contributed by atoms with Crippen LogP contribution >= 0.6 is 0 Å². The van der Waals surface area contributed by atoms with E-state index in [0.29, 0.717) is 22.9 Å². The molecule has 152 valence electrons. The number of amides is 1. The second-order valence-corrected chi connectivity index (χ2v) is 6.93. The molecular weight excluding hydrogens is 392 g/mol. The van der Waals surface area contributed by atoms with Gasteiger partial charge in [-0.3, -0.25) is 9.48 Å². The number of aromatic nitrogens is 4. The zero-order valence-electron chi connectivity index (χ0n) is 15.7. The third-order valence-corrected chi connectivity index (χ3v) is 4.74. The molecule has 2 aromatic heterocycles. The number of nitriles is 1. The number of halogens is 2. The highest BCUT2D eigenvalue weighted by Gasteiger charge is 2.24. The standard InChI is InChI=1S/C20H17F2N7O/c21-18(22)16-9-25-20(27-13-8-26-29(10-13)14-2-3-14)28-17(16)12-1-4-15(19(24)30)11(7-12)5-6-23/h1,4,7-10,14,18H,2-3,5H2,(H2,24,30)(H,25,27,28). The average Bonchev–Trinajstić information content (AvgIpc) is 3.47. The summed E-state index contributed by atoms with van der Waals surface area (Å²) in [6.45, 7) is 0. The second-order valence-electron chi connectivity index (χ2n) is 6.93. The van der Waals surface area contributed by atoms with Gasteiger partial charge in [-0.1, -0.05) is 6.07 Å². The van der Waals surface area contributed by atoms with E-state index in [-0.39, 0.29) is 29.2 Å². The van der Waals surface area contributed by atoms with Crippen molar-refractivity contribution in [3.8, 4) is 17.3 Å². The van der Waals surface area contributed by atoms with E-state index in [1.54, 1.807) is 6.20 Å². The second kappa shape index (κ2) is 7.87. The van der Waals surface area contributed by atoms with E-state index in [1.165, 1.54) is 18.2 Å². The van der Waals surface area contributed by atoms with Gasteiger partial charge in [-0.15, -0.1) is 0 Å². The molecule has 0 unspecified atom stereocenters. The van der Waals surface area contributed by atoms with E-state index in [4.69, 9.17) is 11.0 Å². The molecule has 8 nitrogen and oxygen atoms in total. The number of nitrogens with two attached hydrogens (primary N) is 1. The maximum Gasteiger partial charge on any atom is 0.267 e. The van der Waals surface area contributed by atoms with E-state index in [0.717, 1.165) is 19.0 Å². The van der Waals surface area contributed by atoms with Gasteiger partial charge in [0.05, 0.1) is 41.7 Å². The number of anilines is 2. The van der Waals surface area contributed by atoms with Gasteiger partial charge in [0.25, 0.3) is 6.43 Å². The van der Waals surface area contributed by atoms with E-state index < -0.39 is 12.3 Å². The molecule has 10 heteroatoms. The molecule has 0 radical (unpaired) electrons. The Morgan fingerprint density at radius 1 is 1.37 bits per heavy atom. The van der Waals surface area contributed by atoms with Crippen molar-refractivity contribution in [2.75, 3.05) is 5.32 Å².